The first-order valence-electron chi connectivity index (χ1n) is 8.22. The third-order valence-corrected chi connectivity index (χ3v) is 6.50. The molecule has 0 N–H and O–H groups in total. The molecule has 0 aliphatic carbocycles. The lowest BCUT2D eigenvalue weighted by Crippen LogP contribution is -2.29. The van der Waals surface area contributed by atoms with E-state index >= 15 is 0 Å². The van der Waals surface area contributed by atoms with Crippen LogP contribution in [0.5, 0.6) is 0 Å². The van der Waals surface area contributed by atoms with Crippen molar-refractivity contribution in [3.8, 4) is 0 Å². The molecule has 122 valence electrons. The fourth-order valence-electron chi connectivity index (χ4n) is 3.03. The van der Waals surface area contributed by atoms with E-state index in [1.165, 1.54) is 17.0 Å². The molecule has 0 spiro atoms. The monoisotopic (exact) mass is 311 g/mol. The molecule has 0 bridgehead atoms. The van der Waals surface area contributed by atoms with Gasteiger partial charge in [-0.2, -0.15) is 0 Å². The van der Waals surface area contributed by atoms with Crippen molar-refractivity contribution in [3.05, 3.63) is 17.0 Å². The lowest BCUT2D eigenvalue weighted by atomic mass is 10.3. The Bertz CT molecular complexity index is 490. The average molecular weight is 311 g/mol. The van der Waals surface area contributed by atoms with Crippen molar-refractivity contribution in [1.82, 2.24) is 9.13 Å². The molecule has 0 unspecified atom stereocenters. The van der Waals surface area contributed by atoms with Crippen molar-refractivity contribution >= 4 is 8.07 Å². The maximum absolute atomic E-state index is 5.27. The Morgan fingerprint density at radius 1 is 0.714 bits per heavy atom. The van der Waals surface area contributed by atoms with E-state index in [-0.39, 0.29) is 8.07 Å². The van der Waals surface area contributed by atoms with Crippen LogP contribution in [-0.4, -0.2) is 20.5 Å². The van der Waals surface area contributed by atoms with Gasteiger partial charge >= 0.3 is 0 Å². The van der Waals surface area contributed by atoms with Crippen LogP contribution >= 0.6 is 8.07 Å². The molecule has 3 nitrogen and oxygen atoms in total. The van der Waals surface area contributed by atoms with Crippen LogP contribution in [0.15, 0.2) is 4.76 Å². The van der Waals surface area contributed by atoms with Gasteiger partial charge in [-0.25, -0.2) is 4.76 Å². The molecule has 0 atom stereocenters. The summed E-state index contributed by atoms with van der Waals surface area (Å²) in [4.78, 5) is 0. The maximum Gasteiger partial charge on any atom is 0.209 e. The Morgan fingerprint density at radius 2 is 1.05 bits per heavy atom. The molecule has 4 heteroatoms. The summed E-state index contributed by atoms with van der Waals surface area (Å²) in [6.07, 6.45) is 0. The largest absolute Gasteiger partial charge is 0.312 e. The van der Waals surface area contributed by atoms with E-state index in [4.69, 9.17) is 4.76 Å². The Balaban J connectivity index is 3.69. The number of hydrogen-bond acceptors (Lipinski definition) is 1. The normalized spacial score (nSPS) is 12.5. The highest BCUT2D eigenvalue weighted by molar-refractivity contribution is 7.57. The third kappa shape index (κ3) is 3.80. The van der Waals surface area contributed by atoms with E-state index in [0.29, 0.717) is 23.4 Å². The zero-order chi connectivity index (χ0) is 16.5. The Hall–Kier alpha value is -0.560. The molecule has 0 amide bonds. The van der Waals surface area contributed by atoms with Gasteiger partial charge in [-0.1, -0.05) is 27.7 Å². The van der Waals surface area contributed by atoms with Gasteiger partial charge in [0.15, 0.2) is 0 Å². The number of hydrogen-bond donors (Lipinski definition) is 0. The van der Waals surface area contributed by atoms with E-state index in [1.807, 2.05) is 0 Å². The quantitative estimate of drug-likeness (QED) is 0.668. The van der Waals surface area contributed by atoms with Crippen LogP contribution in [-0.2, 0) is 0 Å². The fourth-order valence-corrected chi connectivity index (χ4v) is 5.08. The molecule has 1 rings (SSSR count). The molecule has 0 aromatic carbocycles. The Kier molecular flexibility index (Phi) is 6.28. The molecule has 0 aliphatic rings. The van der Waals surface area contributed by atoms with Crippen molar-refractivity contribution in [2.75, 3.05) is 0 Å². The zero-order valence-electron chi connectivity index (χ0n) is 15.6. The lowest BCUT2D eigenvalue weighted by molar-refractivity contribution is 0.505. The third-order valence-electron chi connectivity index (χ3n) is 3.97. The van der Waals surface area contributed by atoms with Crippen LogP contribution in [0.1, 0.15) is 78.9 Å². The van der Waals surface area contributed by atoms with E-state index < -0.39 is 0 Å². The summed E-state index contributed by atoms with van der Waals surface area (Å²) in [5, 5.41) is 0. The highest BCUT2D eigenvalue weighted by Gasteiger charge is 2.20. The van der Waals surface area contributed by atoms with Gasteiger partial charge in [-0.15, -0.1) is 0 Å². The van der Waals surface area contributed by atoms with Crippen LogP contribution < -0.4 is 5.62 Å². The minimum atomic E-state index is -0.353. The van der Waals surface area contributed by atoms with Crippen LogP contribution in [0, 0.1) is 13.8 Å². The topological polar surface area (TPSA) is 22.2 Å². The second-order valence-corrected chi connectivity index (χ2v) is 10.1. The molecule has 0 saturated carbocycles. The Morgan fingerprint density at radius 3 is 1.29 bits per heavy atom. The smallest absolute Gasteiger partial charge is 0.209 e. The van der Waals surface area contributed by atoms with Crippen molar-refractivity contribution in [2.24, 2.45) is 4.76 Å². The highest BCUT2D eigenvalue weighted by atomic mass is 31.1. The van der Waals surface area contributed by atoms with Gasteiger partial charge in [0, 0.05) is 31.5 Å². The van der Waals surface area contributed by atoms with Gasteiger partial charge in [-0.05, 0) is 52.9 Å². The summed E-state index contributed by atoms with van der Waals surface area (Å²) < 4.78 is 10.1. The predicted molar refractivity (Wildman–Crippen MR) is 95.4 cm³/mol. The first-order valence-corrected chi connectivity index (χ1v) is 9.65. The van der Waals surface area contributed by atoms with Crippen molar-refractivity contribution < 1.29 is 0 Å². The standard InChI is InChI=1S/C17H34N3P/c1-11(2)19-15(9)16(10)20(12(3)4)17(19)18-21(13(5)6)14(7)8/h11-14H,1-10H3. The molecule has 0 saturated heterocycles. The first kappa shape index (κ1) is 18.5. The summed E-state index contributed by atoms with van der Waals surface area (Å²) >= 11 is 0. The van der Waals surface area contributed by atoms with Crippen molar-refractivity contribution in [2.45, 2.75) is 92.6 Å². The van der Waals surface area contributed by atoms with Crippen LogP contribution in [0.2, 0.25) is 0 Å². The van der Waals surface area contributed by atoms with Crippen LogP contribution in [0.4, 0.5) is 0 Å². The summed E-state index contributed by atoms with van der Waals surface area (Å²) in [5.74, 6) is 0. The minimum absolute atomic E-state index is 0.353. The van der Waals surface area contributed by atoms with Crippen LogP contribution in [0.3, 0.4) is 0 Å². The summed E-state index contributed by atoms with van der Waals surface area (Å²) in [7, 11) is -0.353. The van der Waals surface area contributed by atoms with Crippen molar-refractivity contribution in [3.63, 3.8) is 0 Å². The van der Waals surface area contributed by atoms with E-state index in [0.717, 1.165) is 0 Å². The number of rotatable bonds is 5. The van der Waals surface area contributed by atoms with E-state index in [1.54, 1.807) is 0 Å². The predicted octanol–water partition coefficient (Wildman–Crippen LogP) is 5.18. The molecule has 1 heterocycles. The lowest BCUT2D eigenvalue weighted by Gasteiger charge is -2.22. The molecule has 0 aliphatic heterocycles. The van der Waals surface area contributed by atoms with Crippen LogP contribution in [0.25, 0.3) is 0 Å². The van der Waals surface area contributed by atoms with Gasteiger partial charge in [0.2, 0.25) is 5.62 Å². The molecular formula is C17H34N3P. The van der Waals surface area contributed by atoms with Gasteiger partial charge in [0.25, 0.3) is 0 Å². The van der Waals surface area contributed by atoms with E-state index in [2.05, 4.69) is 78.4 Å². The zero-order valence-corrected chi connectivity index (χ0v) is 16.5. The summed E-state index contributed by atoms with van der Waals surface area (Å²) in [6, 6.07) is 0.886. The second-order valence-electron chi connectivity index (χ2n) is 7.07. The summed E-state index contributed by atoms with van der Waals surface area (Å²) in [6.45, 7) is 22.7. The fraction of sp³-hybridized carbons (Fsp3) is 0.824. The molecule has 21 heavy (non-hydrogen) atoms. The number of nitrogens with zero attached hydrogens (tertiary/aromatic N) is 3. The Labute approximate surface area is 132 Å². The molecule has 1 aromatic rings. The van der Waals surface area contributed by atoms with Gasteiger partial charge in [0.05, 0.1) is 0 Å². The minimum Gasteiger partial charge on any atom is -0.312 e. The second kappa shape index (κ2) is 7.13. The van der Waals surface area contributed by atoms with Gasteiger partial charge in [-0.3, -0.25) is 0 Å². The van der Waals surface area contributed by atoms with Gasteiger partial charge < -0.3 is 9.13 Å². The number of aromatic nitrogens is 2. The first-order chi connectivity index (χ1) is 9.59. The van der Waals surface area contributed by atoms with Crippen molar-refractivity contribution in [1.29, 1.82) is 0 Å². The molecular weight excluding hydrogens is 277 g/mol. The molecule has 1 aromatic heterocycles. The summed E-state index contributed by atoms with van der Waals surface area (Å²) in [5.41, 5.74) is 5.11. The van der Waals surface area contributed by atoms with Gasteiger partial charge in [0.1, 0.15) is 0 Å². The highest BCUT2D eigenvalue weighted by Crippen LogP contribution is 2.46. The van der Waals surface area contributed by atoms with E-state index in [9.17, 15) is 0 Å². The SMILES string of the molecule is Cc1c(C)n(C(C)C)c(=NP(C(C)C)C(C)C)n1C(C)C. The maximum atomic E-state index is 5.27. The average Bonchev–Trinajstić information content (AvgIpc) is 2.57. The molecule has 0 radical (unpaired) electrons. The number of imidazole rings is 1. The molecule has 0 fully saturated rings.